The Labute approximate surface area is 223 Å². The molecule has 0 radical (unpaired) electrons. The van der Waals surface area contributed by atoms with Crippen LogP contribution in [0.25, 0.3) is 11.1 Å². The lowest BCUT2D eigenvalue weighted by atomic mass is 9.69. The van der Waals surface area contributed by atoms with Crippen LogP contribution in [0.1, 0.15) is 69.1 Å². The van der Waals surface area contributed by atoms with Gasteiger partial charge in [0, 0.05) is 11.8 Å². The van der Waals surface area contributed by atoms with Crippen molar-refractivity contribution >= 4 is 11.1 Å². The summed E-state index contributed by atoms with van der Waals surface area (Å²) in [6.07, 6.45) is 13.5. The van der Waals surface area contributed by atoms with Gasteiger partial charge in [-0.15, -0.1) is 0 Å². The molecule has 2 unspecified atom stereocenters. The summed E-state index contributed by atoms with van der Waals surface area (Å²) in [5, 5.41) is 0. The molecule has 2 atom stereocenters. The molecule has 0 bridgehead atoms. The Bertz CT molecular complexity index is 1410. The fourth-order valence-electron chi connectivity index (χ4n) is 6.32. The molecule has 186 valence electrons. The molecule has 3 aliphatic rings. The van der Waals surface area contributed by atoms with Crippen molar-refractivity contribution in [1.82, 2.24) is 0 Å². The van der Waals surface area contributed by atoms with E-state index in [4.69, 9.17) is 6.58 Å². The van der Waals surface area contributed by atoms with Crippen LogP contribution in [0.15, 0.2) is 138 Å². The quantitative estimate of drug-likeness (QED) is 0.368. The van der Waals surface area contributed by atoms with E-state index in [-0.39, 0.29) is 5.92 Å². The van der Waals surface area contributed by atoms with E-state index in [0.717, 1.165) is 31.3 Å². The lowest BCUT2D eigenvalue weighted by molar-refractivity contribution is 0.619. The van der Waals surface area contributed by atoms with E-state index in [2.05, 4.69) is 113 Å². The number of hydrogen-bond acceptors (Lipinski definition) is 0. The Hall–Kier alpha value is -3.64. The normalized spacial score (nSPS) is 22.1. The molecule has 2 aromatic rings. The Morgan fingerprint density at radius 1 is 0.946 bits per heavy atom. The van der Waals surface area contributed by atoms with E-state index in [1.807, 2.05) is 0 Å². The van der Waals surface area contributed by atoms with Gasteiger partial charge in [-0.3, -0.25) is 0 Å². The maximum absolute atomic E-state index is 4.69. The predicted octanol–water partition coefficient (Wildman–Crippen LogP) is 10.3. The zero-order chi connectivity index (χ0) is 26.1. The van der Waals surface area contributed by atoms with Crippen LogP contribution >= 0.6 is 0 Å². The molecule has 0 N–H and O–H groups in total. The summed E-state index contributed by atoms with van der Waals surface area (Å²) >= 11 is 0. The van der Waals surface area contributed by atoms with Crippen molar-refractivity contribution in [2.45, 2.75) is 52.4 Å². The summed E-state index contributed by atoms with van der Waals surface area (Å²) in [6, 6.07) is 19.8. The molecule has 0 aliphatic heterocycles. The molecule has 5 rings (SSSR count). The molecule has 3 aliphatic carbocycles. The summed E-state index contributed by atoms with van der Waals surface area (Å²) in [6.45, 7) is 19.9. The molecular weight excluding hydrogens is 444 g/mol. The van der Waals surface area contributed by atoms with Crippen LogP contribution in [-0.2, 0) is 0 Å². The summed E-state index contributed by atoms with van der Waals surface area (Å²) in [5.41, 5.74) is 15.9. The molecule has 0 amide bonds. The number of benzene rings is 2. The number of hydrogen-bond donors (Lipinski definition) is 0. The zero-order valence-corrected chi connectivity index (χ0v) is 22.6. The van der Waals surface area contributed by atoms with Gasteiger partial charge in [-0.25, -0.2) is 0 Å². The van der Waals surface area contributed by atoms with Crippen molar-refractivity contribution in [2.75, 3.05) is 0 Å². The monoisotopic (exact) mass is 482 g/mol. The average Bonchev–Trinajstić information content (AvgIpc) is 3.48. The topological polar surface area (TPSA) is 0 Å². The summed E-state index contributed by atoms with van der Waals surface area (Å²) in [7, 11) is 0. The molecule has 1 saturated carbocycles. The number of fused-ring (bicyclic) bond motifs is 1. The van der Waals surface area contributed by atoms with Gasteiger partial charge in [0.1, 0.15) is 0 Å². The second-order valence-electron chi connectivity index (χ2n) is 10.9. The van der Waals surface area contributed by atoms with Crippen LogP contribution < -0.4 is 0 Å². The summed E-state index contributed by atoms with van der Waals surface area (Å²) in [5.74, 6) is 0.599. The molecule has 0 heterocycles. The van der Waals surface area contributed by atoms with E-state index < -0.39 is 0 Å². The molecule has 0 heteroatoms. The van der Waals surface area contributed by atoms with Crippen LogP contribution in [0.4, 0.5) is 0 Å². The molecule has 0 spiro atoms. The van der Waals surface area contributed by atoms with Crippen molar-refractivity contribution in [3.63, 3.8) is 0 Å². The van der Waals surface area contributed by atoms with Gasteiger partial charge in [-0.1, -0.05) is 129 Å². The maximum atomic E-state index is 4.69. The minimum atomic E-state index is 0.289. The van der Waals surface area contributed by atoms with Gasteiger partial charge < -0.3 is 0 Å². The first kappa shape index (κ1) is 25.0. The van der Waals surface area contributed by atoms with Gasteiger partial charge in [-0.05, 0) is 83.2 Å². The molecule has 37 heavy (non-hydrogen) atoms. The van der Waals surface area contributed by atoms with Crippen LogP contribution in [0, 0.1) is 5.92 Å². The number of allylic oxidation sites excluding steroid dienone is 13. The van der Waals surface area contributed by atoms with Gasteiger partial charge in [0.05, 0.1) is 0 Å². The molecule has 0 aromatic heterocycles. The van der Waals surface area contributed by atoms with Crippen LogP contribution in [-0.4, -0.2) is 0 Å². The van der Waals surface area contributed by atoms with Crippen molar-refractivity contribution in [1.29, 1.82) is 0 Å². The Kier molecular flexibility index (Phi) is 7.02. The maximum Gasteiger partial charge on any atom is 0.0201 e. The second-order valence-corrected chi connectivity index (χ2v) is 10.9. The third kappa shape index (κ3) is 4.86. The largest absolute Gasteiger partial charge is 0.0955 e. The summed E-state index contributed by atoms with van der Waals surface area (Å²) in [4.78, 5) is 0. The first-order valence-electron chi connectivity index (χ1n) is 13.6. The molecular formula is C37H38. The van der Waals surface area contributed by atoms with Gasteiger partial charge in [0.2, 0.25) is 0 Å². The highest BCUT2D eigenvalue weighted by atomic mass is 14.4. The predicted molar refractivity (Wildman–Crippen MR) is 161 cm³/mol. The van der Waals surface area contributed by atoms with Gasteiger partial charge in [0.15, 0.2) is 0 Å². The van der Waals surface area contributed by atoms with Crippen molar-refractivity contribution in [2.24, 2.45) is 5.92 Å². The molecule has 2 aromatic carbocycles. The standard InChI is InChI=1S/C37H38/c1-7-11-25(4)35-26(5)20-34-23-33(27(6)36(34)37(35)31-12-9-8-10-13-31)22-28-14-15-32(21-28)30-18-16-29(17-19-30)24(2)3/h8-10,12-20,22,36-37H,2,4,6-7,11,21,23H2,1,3,5H3. The first-order chi connectivity index (χ1) is 17.9. The van der Waals surface area contributed by atoms with Crippen molar-refractivity contribution in [3.8, 4) is 0 Å². The van der Waals surface area contributed by atoms with Gasteiger partial charge in [-0.2, -0.15) is 0 Å². The lowest BCUT2D eigenvalue weighted by Crippen LogP contribution is -2.21. The lowest BCUT2D eigenvalue weighted by Gasteiger charge is -2.34. The van der Waals surface area contributed by atoms with E-state index in [0.29, 0.717) is 5.92 Å². The first-order valence-corrected chi connectivity index (χ1v) is 13.6. The van der Waals surface area contributed by atoms with Crippen LogP contribution in [0.3, 0.4) is 0 Å². The second kappa shape index (κ2) is 10.4. The van der Waals surface area contributed by atoms with E-state index in [1.165, 1.54) is 61.3 Å². The zero-order valence-electron chi connectivity index (χ0n) is 22.6. The highest BCUT2D eigenvalue weighted by Gasteiger charge is 2.40. The molecule has 0 saturated heterocycles. The highest BCUT2D eigenvalue weighted by molar-refractivity contribution is 5.75. The SMILES string of the molecule is C=C(CCC)C1=C(C)C=C2CC(=CC3=CC=C(c4ccc(C(=C)C)cc4)C3)C(=C)C2C1c1ccccc1. The van der Waals surface area contributed by atoms with E-state index in [9.17, 15) is 0 Å². The third-order valence-corrected chi connectivity index (χ3v) is 8.15. The van der Waals surface area contributed by atoms with E-state index >= 15 is 0 Å². The minimum absolute atomic E-state index is 0.289. The van der Waals surface area contributed by atoms with Gasteiger partial charge >= 0.3 is 0 Å². The van der Waals surface area contributed by atoms with Crippen LogP contribution in [0.2, 0.25) is 0 Å². The average molecular weight is 483 g/mol. The smallest absolute Gasteiger partial charge is 0.0201 e. The Morgan fingerprint density at radius 3 is 2.35 bits per heavy atom. The third-order valence-electron chi connectivity index (χ3n) is 8.15. The minimum Gasteiger partial charge on any atom is -0.0955 e. The van der Waals surface area contributed by atoms with Crippen molar-refractivity contribution in [3.05, 3.63) is 154 Å². The fourth-order valence-corrected chi connectivity index (χ4v) is 6.32. The Balaban J connectivity index is 1.41. The molecule has 0 nitrogen and oxygen atoms in total. The van der Waals surface area contributed by atoms with Crippen LogP contribution in [0.5, 0.6) is 0 Å². The molecule has 1 fully saturated rings. The van der Waals surface area contributed by atoms with Gasteiger partial charge in [0.25, 0.3) is 0 Å². The number of rotatable bonds is 7. The fraction of sp³-hybridized carbons (Fsp3) is 0.243. The summed E-state index contributed by atoms with van der Waals surface area (Å²) < 4.78 is 0. The Morgan fingerprint density at radius 2 is 1.68 bits per heavy atom. The highest BCUT2D eigenvalue weighted by Crippen LogP contribution is 2.55. The van der Waals surface area contributed by atoms with E-state index in [1.54, 1.807) is 0 Å². The van der Waals surface area contributed by atoms with Crippen molar-refractivity contribution < 1.29 is 0 Å².